The van der Waals surface area contributed by atoms with Crippen LogP contribution in [0.5, 0.6) is 5.75 Å². The molecule has 0 aliphatic heterocycles. The molecule has 1 rings (SSSR count). The molecule has 0 heterocycles. The Morgan fingerprint density at radius 3 is 2.84 bits per heavy atom. The molecule has 0 fully saturated rings. The minimum absolute atomic E-state index is 0.0518. The van der Waals surface area contributed by atoms with Crippen molar-refractivity contribution in [1.82, 2.24) is 10.6 Å². The van der Waals surface area contributed by atoms with Crippen LogP contribution in [0.2, 0.25) is 0 Å². The number of nitrogens with one attached hydrogen (secondary N) is 2. The molecule has 106 valence electrons. The molecule has 0 spiro atoms. The molecule has 4 nitrogen and oxygen atoms in total. The van der Waals surface area contributed by atoms with E-state index in [4.69, 9.17) is 4.74 Å². The smallest absolute Gasteiger partial charge is 0.257 e. The molecule has 19 heavy (non-hydrogen) atoms. The molecule has 0 unspecified atom stereocenters. The van der Waals surface area contributed by atoms with Gasteiger partial charge < -0.3 is 15.4 Å². The van der Waals surface area contributed by atoms with E-state index >= 15 is 0 Å². The van der Waals surface area contributed by atoms with Crippen LogP contribution in [0.4, 0.5) is 0 Å². The molecule has 1 aromatic carbocycles. The highest BCUT2D eigenvalue weighted by Gasteiger charge is 2.07. The number of benzene rings is 1. The number of carbonyl (C=O) groups is 1. The lowest BCUT2D eigenvalue weighted by atomic mass is 10.2. The standard InChI is InChI=1S/C14H21BrN2O2/c1-3-7-16-9-11-8-12(15)5-6-13(11)19-10-14(18)17-4-2/h5-6,8,16H,3-4,7,9-10H2,1-2H3,(H,17,18). The van der Waals surface area contributed by atoms with Crippen molar-refractivity contribution >= 4 is 21.8 Å². The Bertz CT molecular complexity index is 410. The predicted molar refractivity (Wildman–Crippen MR) is 80.3 cm³/mol. The molecule has 2 N–H and O–H groups in total. The normalized spacial score (nSPS) is 10.3. The van der Waals surface area contributed by atoms with Crippen LogP contribution in [-0.2, 0) is 11.3 Å². The number of halogens is 1. The van der Waals surface area contributed by atoms with Crippen molar-refractivity contribution in [3.8, 4) is 5.75 Å². The predicted octanol–water partition coefficient (Wildman–Crippen LogP) is 2.46. The van der Waals surface area contributed by atoms with Crippen molar-refractivity contribution in [1.29, 1.82) is 0 Å². The van der Waals surface area contributed by atoms with Crippen LogP contribution in [0.1, 0.15) is 25.8 Å². The molecule has 1 aromatic rings. The zero-order valence-electron chi connectivity index (χ0n) is 11.5. The summed E-state index contributed by atoms with van der Waals surface area (Å²) in [5.41, 5.74) is 1.05. The first-order valence-corrected chi connectivity index (χ1v) is 7.35. The van der Waals surface area contributed by atoms with Gasteiger partial charge in [-0.3, -0.25) is 4.79 Å². The minimum Gasteiger partial charge on any atom is -0.483 e. The van der Waals surface area contributed by atoms with Crippen molar-refractivity contribution < 1.29 is 9.53 Å². The van der Waals surface area contributed by atoms with E-state index in [2.05, 4.69) is 33.5 Å². The highest BCUT2D eigenvalue weighted by molar-refractivity contribution is 9.10. The number of hydrogen-bond donors (Lipinski definition) is 2. The van der Waals surface area contributed by atoms with Crippen LogP contribution in [0.15, 0.2) is 22.7 Å². The Balaban J connectivity index is 2.62. The summed E-state index contributed by atoms with van der Waals surface area (Å²) < 4.78 is 6.57. The van der Waals surface area contributed by atoms with Gasteiger partial charge in [-0.1, -0.05) is 22.9 Å². The van der Waals surface area contributed by atoms with E-state index in [1.54, 1.807) is 0 Å². The third kappa shape index (κ3) is 6.07. The molecule has 1 amide bonds. The number of rotatable bonds is 8. The van der Waals surface area contributed by atoms with Crippen molar-refractivity contribution in [3.05, 3.63) is 28.2 Å². The van der Waals surface area contributed by atoms with Crippen LogP contribution in [0.3, 0.4) is 0 Å². The van der Waals surface area contributed by atoms with E-state index in [-0.39, 0.29) is 12.5 Å². The van der Waals surface area contributed by atoms with Gasteiger partial charge in [0, 0.05) is 23.1 Å². The minimum atomic E-state index is -0.0992. The maximum absolute atomic E-state index is 11.4. The fourth-order valence-electron chi connectivity index (χ4n) is 1.62. The Morgan fingerprint density at radius 2 is 2.16 bits per heavy atom. The molecular formula is C14H21BrN2O2. The Labute approximate surface area is 123 Å². The van der Waals surface area contributed by atoms with Gasteiger partial charge in [0.05, 0.1) is 0 Å². The third-order valence-electron chi connectivity index (χ3n) is 2.50. The Hall–Kier alpha value is -1.07. The molecule has 0 saturated carbocycles. The second kappa shape index (κ2) is 8.93. The van der Waals surface area contributed by atoms with Crippen LogP contribution < -0.4 is 15.4 Å². The summed E-state index contributed by atoms with van der Waals surface area (Å²) in [5.74, 6) is 0.649. The fraction of sp³-hybridized carbons (Fsp3) is 0.500. The van der Waals surface area contributed by atoms with Crippen LogP contribution >= 0.6 is 15.9 Å². The van der Waals surface area contributed by atoms with Gasteiger partial charge in [0.2, 0.25) is 0 Å². The zero-order chi connectivity index (χ0) is 14.1. The second-order valence-electron chi connectivity index (χ2n) is 4.17. The molecule has 0 atom stereocenters. The first-order valence-electron chi connectivity index (χ1n) is 6.56. The van der Waals surface area contributed by atoms with Crippen molar-refractivity contribution in [2.45, 2.75) is 26.8 Å². The van der Waals surface area contributed by atoms with Gasteiger partial charge in [-0.05, 0) is 38.1 Å². The highest BCUT2D eigenvalue weighted by atomic mass is 79.9. The third-order valence-corrected chi connectivity index (χ3v) is 2.99. The molecule has 0 aliphatic carbocycles. The Morgan fingerprint density at radius 1 is 1.37 bits per heavy atom. The summed E-state index contributed by atoms with van der Waals surface area (Å²) in [4.78, 5) is 11.4. The molecule has 0 aliphatic rings. The average Bonchev–Trinajstić information content (AvgIpc) is 2.38. The summed E-state index contributed by atoms with van der Waals surface area (Å²) in [7, 11) is 0. The lowest BCUT2D eigenvalue weighted by Gasteiger charge is -2.12. The van der Waals surface area contributed by atoms with Crippen molar-refractivity contribution in [3.63, 3.8) is 0 Å². The van der Waals surface area contributed by atoms with Gasteiger partial charge in [-0.15, -0.1) is 0 Å². The number of likely N-dealkylation sites (N-methyl/N-ethyl adjacent to an activating group) is 1. The lowest BCUT2D eigenvalue weighted by molar-refractivity contribution is -0.122. The van der Waals surface area contributed by atoms with E-state index in [9.17, 15) is 4.79 Å². The van der Waals surface area contributed by atoms with E-state index in [0.29, 0.717) is 6.54 Å². The summed E-state index contributed by atoms with van der Waals surface area (Å²) >= 11 is 3.45. The lowest BCUT2D eigenvalue weighted by Crippen LogP contribution is -2.28. The highest BCUT2D eigenvalue weighted by Crippen LogP contribution is 2.23. The number of amides is 1. The van der Waals surface area contributed by atoms with Crippen molar-refractivity contribution in [2.24, 2.45) is 0 Å². The number of carbonyl (C=O) groups excluding carboxylic acids is 1. The van der Waals surface area contributed by atoms with E-state index in [0.717, 1.165) is 35.3 Å². The molecule has 0 aromatic heterocycles. The van der Waals surface area contributed by atoms with Crippen LogP contribution in [-0.4, -0.2) is 25.6 Å². The number of hydrogen-bond acceptors (Lipinski definition) is 3. The summed E-state index contributed by atoms with van der Waals surface area (Å²) in [6.45, 7) is 6.38. The van der Waals surface area contributed by atoms with E-state index < -0.39 is 0 Å². The molecule has 5 heteroatoms. The molecular weight excluding hydrogens is 308 g/mol. The summed E-state index contributed by atoms with van der Waals surface area (Å²) in [6, 6.07) is 5.80. The van der Waals surface area contributed by atoms with Gasteiger partial charge in [-0.25, -0.2) is 0 Å². The topological polar surface area (TPSA) is 50.4 Å². The first-order chi connectivity index (χ1) is 9.17. The molecule has 0 radical (unpaired) electrons. The number of ether oxygens (including phenoxy) is 1. The summed E-state index contributed by atoms with van der Waals surface area (Å²) in [5, 5.41) is 6.04. The molecule has 0 bridgehead atoms. The SMILES string of the molecule is CCCNCc1cc(Br)ccc1OCC(=O)NCC. The summed E-state index contributed by atoms with van der Waals surface area (Å²) in [6.07, 6.45) is 1.09. The van der Waals surface area contributed by atoms with Gasteiger partial charge in [0.25, 0.3) is 5.91 Å². The quantitative estimate of drug-likeness (QED) is 0.721. The van der Waals surface area contributed by atoms with Crippen LogP contribution in [0, 0.1) is 0 Å². The fourth-order valence-corrected chi connectivity index (χ4v) is 2.03. The van der Waals surface area contributed by atoms with Gasteiger partial charge in [0.15, 0.2) is 6.61 Å². The monoisotopic (exact) mass is 328 g/mol. The second-order valence-corrected chi connectivity index (χ2v) is 5.09. The maximum Gasteiger partial charge on any atom is 0.257 e. The average molecular weight is 329 g/mol. The van der Waals surface area contributed by atoms with E-state index in [1.807, 2.05) is 25.1 Å². The van der Waals surface area contributed by atoms with Crippen molar-refractivity contribution in [2.75, 3.05) is 19.7 Å². The molecule has 0 saturated heterocycles. The largest absolute Gasteiger partial charge is 0.483 e. The zero-order valence-corrected chi connectivity index (χ0v) is 13.0. The first kappa shape index (κ1) is 16.0. The van der Waals surface area contributed by atoms with Gasteiger partial charge in [-0.2, -0.15) is 0 Å². The van der Waals surface area contributed by atoms with Gasteiger partial charge in [0.1, 0.15) is 5.75 Å². The Kier molecular flexibility index (Phi) is 7.52. The van der Waals surface area contributed by atoms with E-state index in [1.165, 1.54) is 0 Å². The van der Waals surface area contributed by atoms with Gasteiger partial charge >= 0.3 is 0 Å². The van der Waals surface area contributed by atoms with Crippen LogP contribution in [0.25, 0.3) is 0 Å². The maximum atomic E-state index is 11.4.